The van der Waals surface area contributed by atoms with E-state index >= 15 is 0 Å². The van der Waals surface area contributed by atoms with Gasteiger partial charge in [0.2, 0.25) is 10.0 Å². The Balaban J connectivity index is 1.53. The van der Waals surface area contributed by atoms with Gasteiger partial charge in [-0.15, -0.1) is 0 Å². The van der Waals surface area contributed by atoms with Gasteiger partial charge in [0, 0.05) is 5.69 Å². The van der Waals surface area contributed by atoms with Crippen molar-refractivity contribution >= 4 is 39.5 Å². The van der Waals surface area contributed by atoms with Crippen molar-refractivity contribution in [3.63, 3.8) is 0 Å². The fourth-order valence-corrected chi connectivity index (χ4v) is 5.05. The number of amides is 4. The van der Waals surface area contributed by atoms with Gasteiger partial charge in [0.05, 0.1) is 4.90 Å². The van der Waals surface area contributed by atoms with Gasteiger partial charge >= 0.3 is 12.0 Å². The number of ether oxygens (including phenoxy) is 1. The molecule has 1 aromatic rings. The summed E-state index contributed by atoms with van der Waals surface area (Å²) in [5.41, 5.74) is -0.395. The number of carbonyl (C=O) groups is 4. The van der Waals surface area contributed by atoms with E-state index in [1.807, 2.05) is 0 Å². The first-order chi connectivity index (χ1) is 15.4. The van der Waals surface area contributed by atoms with E-state index in [0.717, 1.165) is 24.2 Å². The summed E-state index contributed by atoms with van der Waals surface area (Å²) in [6, 6.07) is 3.50. The summed E-state index contributed by atoms with van der Waals surface area (Å²) in [4.78, 5) is 50.1. The SMILES string of the molecule is CCC1CCC2(CC1)NC(=O)N(CC(=O)OCC(=O)Nc1ccc(C)c(S(N)(=O)=O)c1)C2=O. The van der Waals surface area contributed by atoms with Crippen molar-refractivity contribution < 1.29 is 32.3 Å². The van der Waals surface area contributed by atoms with Gasteiger partial charge in [0.25, 0.3) is 11.8 Å². The monoisotopic (exact) mass is 480 g/mol. The van der Waals surface area contributed by atoms with E-state index in [0.29, 0.717) is 24.3 Å². The van der Waals surface area contributed by atoms with Gasteiger partial charge in [-0.1, -0.05) is 19.4 Å². The van der Waals surface area contributed by atoms with Crippen LogP contribution in [0.4, 0.5) is 10.5 Å². The fraction of sp³-hybridized carbons (Fsp3) is 0.524. The molecule has 1 heterocycles. The van der Waals surface area contributed by atoms with Gasteiger partial charge in [-0.3, -0.25) is 19.3 Å². The van der Waals surface area contributed by atoms with Crippen molar-refractivity contribution in [2.75, 3.05) is 18.5 Å². The first kappa shape index (κ1) is 24.6. The second kappa shape index (κ2) is 9.48. The molecule has 1 aliphatic carbocycles. The maximum atomic E-state index is 12.8. The Morgan fingerprint density at radius 2 is 1.94 bits per heavy atom. The smallest absolute Gasteiger partial charge is 0.326 e. The highest BCUT2D eigenvalue weighted by molar-refractivity contribution is 7.89. The van der Waals surface area contributed by atoms with E-state index in [9.17, 15) is 27.6 Å². The van der Waals surface area contributed by atoms with Gasteiger partial charge in [0.15, 0.2) is 6.61 Å². The van der Waals surface area contributed by atoms with Gasteiger partial charge in [-0.25, -0.2) is 18.4 Å². The zero-order chi connectivity index (χ0) is 24.4. The van der Waals surface area contributed by atoms with E-state index in [2.05, 4.69) is 17.6 Å². The van der Waals surface area contributed by atoms with Gasteiger partial charge in [0.1, 0.15) is 12.1 Å². The third-order valence-electron chi connectivity index (χ3n) is 6.21. The molecule has 3 rings (SSSR count). The Morgan fingerprint density at radius 3 is 2.55 bits per heavy atom. The van der Waals surface area contributed by atoms with E-state index in [1.54, 1.807) is 6.92 Å². The summed E-state index contributed by atoms with van der Waals surface area (Å²) in [6.07, 6.45) is 3.73. The van der Waals surface area contributed by atoms with Gasteiger partial charge < -0.3 is 15.4 Å². The summed E-state index contributed by atoms with van der Waals surface area (Å²) in [5, 5.41) is 10.3. The first-order valence-electron chi connectivity index (χ1n) is 10.7. The molecule has 180 valence electrons. The maximum Gasteiger partial charge on any atom is 0.326 e. The summed E-state index contributed by atoms with van der Waals surface area (Å²) < 4.78 is 28.1. The number of hydrogen-bond acceptors (Lipinski definition) is 7. The van der Waals surface area contributed by atoms with Crippen LogP contribution in [0.15, 0.2) is 23.1 Å². The molecule has 11 nitrogen and oxygen atoms in total. The fourth-order valence-electron chi connectivity index (χ4n) is 4.24. The van der Waals surface area contributed by atoms with E-state index < -0.39 is 52.5 Å². The summed E-state index contributed by atoms with van der Waals surface area (Å²) in [6.45, 7) is 2.37. The number of nitrogens with two attached hydrogens (primary N) is 1. The van der Waals surface area contributed by atoms with Crippen molar-refractivity contribution in [3.8, 4) is 0 Å². The molecule has 2 aliphatic rings. The highest BCUT2D eigenvalue weighted by Gasteiger charge is 2.52. The number of aryl methyl sites for hydroxylation is 1. The highest BCUT2D eigenvalue weighted by Crippen LogP contribution is 2.37. The second-order valence-electron chi connectivity index (χ2n) is 8.49. The van der Waals surface area contributed by atoms with Crippen LogP contribution in [0, 0.1) is 12.8 Å². The Labute approximate surface area is 192 Å². The summed E-state index contributed by atoms with van der Waals surface area (Å²) >= 11 is 0. The highest BCUT2D eigenvalue weighted by atomic mass is 32.2. The molecule has 0 unspecified atom stereocenters. The molecule has 33 heavy (non-hydrogen) atoms. The number of imide groups is 1. The molecular formula is C21H28N4O7S. The predicted octanol–water partition coefficient (Wildman–Crippen LogP) is 1.01. The number of primary sulfonamides is 1. The van der Waals surface area contributed by atoms with E-state index in [4.69, 9.17) is 9.88 Å². The van der Waals surface area contributed by atoms with Crippen molar-refractivity contribution in [3.05, 3.63) is 23.8 Å². The van der Waals surface area contributed by atoms with Crippen LogP contribution in [0.5, 0.6) is 0 Å². The van der Waals surface area contributed by atoms with Crippen molar-refractivity contribution in [2.45, 2.75) is 56.4 Å². The number of anilines is 1. The van der Waals surface area contributed by atoms with Crippen LogP contribution in [-0.4, -0.2) is 55.8 Å². The second-order valence-corrected chi connectivity index (χ2v) is 10.0. The number of nitrogens with zero attached hydrogens (tertiary/aromatic N) is 1. The number of rotatable bonds is 7. The predicted molar refractivity (Wildman–Crippen MR) is 117 cm³/mol. The number of carbonyl (C=O) groups excluding carboxylic acids is 4. The standard InChI is InChI=1S/C21H28N4O7S/c1-3-14-6-8-21(9-7-14)19(28)25(20(29)24-21)11-18(27)32-12-17(26)23-15-5-4-13(2)16(10-15)33(22,30)31/h4-5,10,14H,3,6-9,11-12H2,1-2H3,(H,23,26)(H,24,29)(H2,22,30,31). The lowest BCUT2D eigenvalue weighted by atomic mass is 9.75. The van der Waals surface area contributed by atoms with Crippen LogP contribution >= 0.6 is 0 Å². The molecule has 2 fully saturated rings. The Hall–Kier alpha value is -2.99. The molecule has 4 amide bonds. The molecule has 1 aromatic carbocycles. The molecule has 1 spiro atoms. The summed E-state index contributed by atoms with van der Waals surface area (Å²) in [7, 11) is -3.97. The molecule has 1 saturated heterocycles. The molecule has 0 aromatic heterocycles. The van der Waals surface area contributed by atoms with Crippen molar-refractivity contribution in [1.29, 1.82) is 0 Å². The van der Waals surface area contributed by atoms with Crippen LogP contribution in [0.25, 0.3) is 0 Å². The van der Waals surface area contributed by atoms with Gasteiger partial charge in [-0.2, -0.15) is 0 Å². The largest absolute Gasteiger partial charge is 0.454 e. The van der Waals surface area contributed by atoms with E-state index in [-0.39, 0.29) is 10.6 Å². The molecule has 1 saturated carbocycles. The number of urea groups is 1. The Kier molecular flexibility index (Phi) is 7.08. The maximum absolute atomic E-state index is 12.8. The zero-order valence-electron chi connectivity index (χ0n) is 18.5. The third-order valence-corrected chi connectivity index (χ3v) is 7.26. The molecule has 0 atom stereocenters. The lowest BCUT2D eigenvalue weighted by Gasteiger charge is -2.34. The van der Waals surface area contributed by atoms with Crippen molar-refractivity contribution in [2.24, 2.45) is 11.1 Å². The quantitative estimate of drug-likeness (QED) is 0.387. The number of nitrogens with one attached hydrogen (secondary N) is 2. The topological polar surface area (TPSA) is 165 Å². The molecule has 1 aliphatic heterocycles. The minimum atomic E-state index is -3.97. The molecule has 0 bridgehead atoms. The molecule has 12 heteroatoms. The minimum absolute atomic E-state index is 0.141. The Morgan fingerprint density at radius 1 is 1.27 bits per heavy atom. The average molecular weight is 481 g/mol. The lowest BCUT2D eigenvalue weighted by Crippen LogP contribution is -2.49. The third kappa shape index (κ3) is 5.50. The first-order valence-corrected chi connectivity index (χ1v) is 12.2. The van der Waals surface area contributed by atoms with Crippen LogP contribution in [-0.2, 0) is 29.1 Å². The summed E-state index contributed by atoms with van der Waals surface area (Å²) in [5.74, 6) is -1.56. The number of hydrogen-bond donors (Lipinski definition) is 3. The number of benzene rings is 1. The molecule has 4 N–H and O–H groups in total. The van der Waals surface area contributed by atoms with Crippen LogP contribution in [0.2, 0.25) is 0 Å². The lowest BCUT2D eigenvalue weighted by molar-refractivity contribution is -0.150. The van der Waals surface area contributed by atoms with Gasteiger partial charge in [-0.05, 0) is 56.2 Å². The average Bonchev–Trinajstić information content (AvgIpc) is 2.97. The number of sulfonamides is 1. The van der Waals surface area contributed by atoms with Crippen molar-refractivity contribution in [1.82, 2.24) is 10.2 Å². The molecule has 0 radical (unpaired) electrons. The van der Waals surface area contributed by atoms with E-state index in [1.165, 1.54) is 18.2 Å². The zero-order valence-corrected chi connectivity index (χ0v) is 19.4. The van der Waals surface area contributed by atoms with Crippen LogP contribution < -0.4 is 15.8 Å². The normalized spacial score (nSPS) is 22.9. The van der Waals surface area contributed by atoms with Crippen LogP contribution in [0.1, 0.15) is 44.6 Å². The van der Waals surface area contributed by atoms with Crippen LogP contribution in [0.3, 0.4) is 0 Å². The minimum Gasteiger partial charge on any atom is -0.454 e. The molecular weight excluding hydrogens is 452 g/mol. The Bertz CT molecular complexity index is 1080. The number of esters is 1.